The minimum atomic E-state index is -0.0984. The number of hydrogen-bond donors (Lipinski definition) is 1. The van der Waals surface area contributed by atoms with E-state index in [-0.39, 0.29) is 5.56 Å². The Hall–Kier alpha value is -1.91. The maximum Gasteiger partial charge on any atom is 0.254 e. The number of rotatable bonds is 1. The van der Waals surface area contributed by atoms with Crippen LogP contribution in [0.15, 0.2) is 17.3 Å². The zero-order chi connectivity index (χ0) is 11.0. The second kappa shape index (κ2) is 3.34. The molecule has 0 bridgehead atoms. The van der Waals surface area contributed by atoms with Gasteiger partial charge in [-0.25, -0.2) is 9.97 Å². The molecule has 1 N–H and O–H groups in total. The van der Waals surface area contributed by atoms with E-state index in [0.29, 0.717) is 11.4 Å². The van der Waals surface area contributed by atoms with Crippen molar-refractivity contribution >= 4 is 0 Å². The van der Waals surface area contributed by atoms with E-state index >= 15 is 0 Å². The lowest BCUT2D eigenvalue weighted by molar-refractivity contribution is 0.899. The number of aromatic nitrogens is 4. The zero-order valence-corrected chi connectivity index (χ0v) is 8.90. The Balaban J connectivity index is 2.66. The Bertz CT molecular complexity index is 553. The summed E-state index contributed by atoms with van der Waals surface area (Å²) >= 11 is 0. The highest BCUT2D eigenvalue weighted by Crippen LogP contribution is 2.12. The molecule has 0 radical (unpaired) electrons. The molecule has 5 heteroatoms. The van der Waals surface area contributed by atoms with Crippen LogP contribution in [-0.2, 0) is 7.05 Å². The molecule has 2 aromatic rings. The molecule has 0 aliphatic rings. The molecule has 2 heterocycles. The fourth-order valence-corrected chi connectivity index (χ4v) is 1.35. The Kier molecular flexibility index (Phi) is 2.15. The molecule has 0 fully saturated rings. The van der Waals surface area contributed by atoms with E-state index < -0.39 is 0 Å². The summed E-state index contributed by atoms with van der Waals surface area (Å²) in [6, 6.07) is 0. The largest absolute Gasteiger partial charge is 0.331 e. The minimum absolute atomic E-state index is 0.0984. The minimum Gasteiger partial charge on any atom is -0.331 e. The van der Waals surface area contributed by atoms with E-state index in [4.69, 9.17) is 0 Å². The van der Waals surface area contributed by atoms with Crippen LogP contribution in [0.25, 0.3) is 11.5 Å². The average molecular weight is 204 g/mol. The Morgan fingerprint density at radius 2 is 2.13 bits per heavy atom. The molecule has 0 spiro atoms. The highest BCUT2D eigenvalue weighted by atomic mass is 16.1. The van der Waals surface area contributed by atoms with Gasteiger partial charge in [-0.15, -0.1) is 0 Å². The molecule has 0 saturated heterocycles. The number of aryl methyl sites for hydroxylation is 2. The first-order valence-corrected chi connectivity index (χ1v) is 4.64. The molecule has 0 aliphatic heterocycles. The standard InChI is InChI=1S/C10H12N4O/c1-6-7(2)12-9(13-10(6)15)8-4-11-5-14(8)3/h4-5H,1-3H3,(H,12,13,15). The zero-order valence-electron chi connectivity index (χ0n) is 8.90. The lowest BCUT2D eigenvalue weighted by Gasteiger charge is -2.04. The van der Waals surface area contributed by atoms with Crippen molar-refractivity contribution in [1.29, 1.82) is 0 Å². The topological polar surface area (TPSA) is 63.6 Å². The van der Waals surface area contributed by atoms with Gasteiger partial charge < -0.3 is 9.55 Å². The van der Waals surface area contributed by atoms with Gasteiger partial charge in [-0.05, 0) is 13.8 Å². The van der Waals surface area contributed by atoms with Crippen molar-refractivity contribution < 1.29 is 0 Å². The van der Waals surface area contributed by atoms with Crippen molar-refractivity contribution in [2.24, 2.45) is 7.05 Å². The molecule has 0 unspecified atom stereocenters. The molecular formula is C10H12N4O. The van der Waals surface area contributed by atoms with E-state index in [1.807, 2.05) is 18.5 Å². The lowest BCUT2D eigenvalue weighted by atomic mass is 10.2. The highest BCUT2D eigenvalue weighted by molar-refractivity contribution is 5.48. The summed E-state index contributed by atoms with van der Waals surface area (Å²) < 4.78 is 1.81. The van der Waals surface area contributed by atoms with Crippen molar-refractivity contribution in [3.8, 4) is 11.5 Å². The first-order valence-electron chi connectivity index (χ1n) is 4.64. The van der Waals surface area contributed by atoms with Gasteiger partial charge in [-0.2, -0.15) is 0 Å². The number of H-pyrrole nitrogens is 1. The molecule has 0 saturated carbocycles. The van der Waals surface area contributed by atoms with E-state index in [2.05, 4.69) is 15.0 Å². The maximum atomic E-state index is 11.5. The summed E-state index contributed by atoms with van der Waals surface area (Å²) in [5.41, 5.74) is 2.10. The quantitative estimate of drug-likeness (QED) is 0.746. The van der Waals surface area contributed by atoms with Gasteiger partial charge in [-0.3, -0.25) is 4.79 Å². The summed E-state index contributed by atoms with van der Waals surface area (Å²) in [7, 11) is 1.86. The summed E-state index contributed by atoms with van der Waals surface area (Å²) in [6.45, 7) is 3.58. The molecule has 78 valence electrons. The molecule has 0 aromatic carbocycles. The summed E-state index contributed by atoms with van der Waals surface area (Å²) in [5, 5.41) is 0. The molecule has 0 amide bonds. The van der Waals surface area contributed by atoms with Crippen LogP contribution in [0.3, 0.4) is 0 Å². The second-order valence-electron chi connectivity index (χ2n) is 3.51. The van der Waals surface area contributed by atoms with Crippen LogP contribution in [0.5, 0.6) is 0 Å². The number of nitrogens with zero attached hydrogens (tertiary/aromatic N) is 3. The first kappa shape index (κ1) is 9.64. The van der Waals surface area contributed by atoms with E-state index in [0.717, 1.165) is 11.4 Å². The summed E-state index contributed by atoms with van der Waals surface area (Å²) in [5.74, 6) is 0.558. The van der Waals surface area contributed by atoms with Crippen LogP contribution < -0.4 is 5.56 Å². The van der Waals surface area contributed by atoms with Crippen LogP contribution in [0.4, 0.5) is 0 Å². The monoisotopic (exact) mass is 204 g/mol. The molecule has 5 nitrogen and oxygen atoms in total. The van der Waals surface area contributed by atoms with Crippen molar-refractivity contribution in [1.82, 2.24) is 19.5 Å². The van der Waals surface area contributed by atoms with Crippen LogP contribution in [-0.4, -0.2) is 19.5 Å². The summed E-state index contributed by atoms with van der Waals surface area (Å²) in [6.07, 6.45) is 3.34. The fourth-order valence-electron chi connectivity index (χ4n) is 1.35. The van der Waals surface area contributed by atoms with Gasteiger partial charge in [0, 0.05) is 18.3 Å². The third-order valence-electron chi connectivity index (χ3n) is 2.45. The Morgan fingerprint density at radius 1 is 1.40 bits per heavy atom. The van der Waals surface area contributed by atoms with Gasteiger partial charge in [0.15, 0.2) is 5.82 Å². The molecule has 2 aromatic heterocycles. The van der Waals surface area contributed by atoms with Crippen molar-refractivity contribution in [2.45, 2.75) is 13.8 Å². The summed E-state index contributed by atoms with van der Waals surface area (Å²) in [4.78, 5) is 22.6. The van der Waals surface area contributed by atoms with Crippen LogP contribution in [0.2, 0.25) is 0 Å². The maximum absolute atomic E-state index is 11.5. The SMILES string of the molecule is Cc1nc(-c2cncn2C)[nH]c(=O)c1C. The number of aromatic amines is 1. The fraction of sp³-hybridized carbons (Fsp3) is 0.300. The molecule has 0 aliphatic carbocycles. The van der Waals surface area contributed by atoms with E-state index in [1.54, 1.807) is 19.4 Å². The van der Waals surface area contributed by atoms with Gasteiger partial charge in [0.2, 0.25) is 0 Å². The van der Waals surface area contributed by atoms with Crippen molar-refractivity contribution in [3.63, 3.8) is 0 Å². The van der Waals surface area contributed by atoms with Crippen LogP contribution in [0.1, 0.15) is 11.3 Å². The predicted molar refractivity (Wildman–Crippen MR) is 56.5 cm³/mol. The molecular weight excluding hydrogens is 192 g/mol. The van der Waals surface area contributed by atoms with Gasteiger partial charge in [-0.1, -0.05) is 0 Å². The normalized spacial score (nSPS) is 10.6. The highest BCUT2D eigenvalue weighted by Gasteiger charge is 2.08. The number of nitrogens with one attached hydrogen (secondary N) is 1. The third-order valence-corrected chi connectivity index (χ3v) is 2.45. The molecule has 2 rings (SSSR count). The van der Waals surface area contributed by atoms with Crippen molar-refractivity contribution in [3.05, 3.63) is 34.1 Å². The van der Waals surface area contributed by atoms with Crippen LogP contribution in [0, 0.1) is 13.8 Å². The van der Waals surface area contributed by atoms with Gasteiger partial charge in [0.25, 0.3) is 5.56 Å². The lowest BCUT2D eigenvalue weighted by Crippen LogP contribution is -2.15. The average Bonchev–Trinajstić information content (AvgIpc) is 2.60. The first-order chi connectivity index (χ1) is 7.09. The predicted octanol–water partition coefficient (Wildman–Crippen LogP) is 0.787. The Morgan fingerprint density at radius 3 is 2.67 bits per heavy atom. The molecule has 0 atom stereocenters. The van der Waals surface area contributed by atoms with Gasteiger partial charge >= 0.3 is 0 Å². The number of hydrogen-bond acceptors (Lipinski definition) is 3. The second-order valence-corrected chi connectivity index (χ2v) is 3.51. The molecule has 15 heavy (non-hydrogen) atoms. The Labute approximate surface area is 86.8 Å². The van der Waals surface area contributed by atoms with Crippen molar-refractivity contribution in [2.75, 3.05) is 0 Å². The van der Waals surface area contributed by atoms with Gasteiger partial charge in [0.05, 0.1) is 12.5 Å². The third kappa shape index (κ3) is 1.56. The van der Waals surface area contributed by atoms with E-state index in [1.165, 1.54) is 0 Å². The number of imidazole rings is 1. The van der Waals surface area contributed by atoms with Crippen LogP contribution >= 0.6 is 0 Å². The van der Waals surface area contributed by atoms with E-state index in [9.17, 15) is 4.79 Å². The van der Waals surface area contributed by atoms with Gasteiger partial charge in [0.1, 0.15) is 5.69 Å². The smallest absolute Gasteiger partial charge is 0.254 e.